The van der Waals surface area contributed by atoms with E-state index in [4.69, 9.17) is 9.84 Å². The van der Waals surface area contributed by atoms with Crippen LogP contribution in [-0.4, -0.2) is 33.2 Å². The Morgan fingerprint density at radius 3 is 2.48 bits per heavy atom. The fraction of sp³-hybridized carbons (Fsp3) is 0.333. The van der Waals surface area contributed by atoms with Gasteiger partial charge in [0.1, 0.15) is 10.5 Å². The van der Waals surface area contributed by atoms with Gasteiger partial charge in [0.2, 0.25) is 0 Å². The molecule has 2 aromatic rings. The summed E-state index contributed by atoms with van der Waals surface area (Å²) in [6.45, 7) is 5.09. The fourth-order valence-electron chi connectivity index (χ4n) is 1.84. The van der Waals surface area contributed by atoms with Crippen LogP contribution in [0, 0.1) is 0 Å². The topological polar surface area (TPSA) is 93.0 Å². The van der Waals surface area contributed by atoms with Crippen molar-refractivity contribution in [3.63, 3.8) is 0 Å². The molecule has 1 amide bonds. The van der Waals surface area contributed by atoms with E-state index in [-0.39, 0.29) is 4.88 Å². The first-order valence-corrected chi connectivity index (χ1v) is 9.44. The van der Waals surface area contributed by atoms with Gasteiger partial charge in [0.25, 0.3) is 0 Å². The molecule has 23 heavy (non-hydrogen) atoms. The van der Waals surface area contributed by atoms with Crippen LogP contribution in [0.4, 0.5) is 4.79 Å². The van der Waals surface area contributed by atoms with E-state index in [1.54, 1.807) is 39.0 Å². The number of ether oxygens (including phenoxy) is 1. The summed E-state index contributed by atoms with van der Waals surface area (Å²) in [6.07, 6.45) is 0.462. The SMILES string of the molecule is CC(C)(C)OC(=O)N=S(C)(=O)c1ccc2sc(C(=O)O)cc2c1. The lowest BCUT2D eigenvalue weighted by Gasteiger charge is -2.17. The molecule has 0 aliphatic rings. The number of carboxylic acids is 1. The minimum atomic E-state index is -2.98. The first-order valence-electron chi connectivity index (χ1n) is 6.70. The van der Waals surface area contributed by atoms with Gasteiger partial charge in [-0.1, -0.05) is 0 Å². The number of carbonyl (C=O) groups excluding carboxylic acids is 1. The maximum atomic E-state index is 12.7. The molecule has 0 saturated carbocycles. The summed E-state index contributed by atoms with van der Waals surface area (Å²) in [4.78, 5) is 23.3. The van der Waals surface area contributed by atoms with E-state index >= 15 is 0 Å². The van der Waals surface area contributed by atoms with Crippen LogP contribution in [0.1, 0.15) is 30.4 Å². The van der Waals surface area contributed by atoms with Gasteiger partial charge in [0.15, 0.2) is 0 Å². The standard InChI is InChI=1S/C15H17NO5S2/c1-15(2,3)21-14(19)16-23(4,20)10-5-6-11-9(7-10)8-12(22-11)13(17)18/h5-8H,1-4H3,(H,17,18). The van der Waals surface area contributed by atoms with Crippen LogP contribution >= 0.6 is 11.3 Å². The van der Waals surface area contributed by atoms with Crippen LogP contribution in [0.25, 0.3) is 10.1 Å². The van der Waals surface area contributed by atoms with Gasteiger partial charge in [0.05, 0.1) is 9.73 Å². The number of hydrogen-bond donors (Lipinski definition) is 1. The highest BCUT2D eigenvalue weighted by Crippen LogP contribution is 2.28. The average Bonchev–Trinajstić information content (AvgIpc) is 2.78. The Balaban J connectivity index is 2.43. The molecule has 6 nitrogen and oxygen atoms in total. The highest BCUT2D eigenvalue weighted by atomic mass is 32.2. The smallest absolute Gasteiger partial charge is 0.442 e. The van der Waals surface area contributed by atoms with Gasteiger partial charge in [-0.25, -0.2) is 13.8 Å². The molecule has 124 valence electrons. The number of nitrogens with zero attached hydrogens (tertiary/aromatic N) is 1. The van der Waals surface area contributed by atoms with Crippen molar-refractivity contribution in [2.24, 2.45) is 4.36 Å². The van der Waals surface area contributed by atoms with Gasteiger partial charge < -0.3 is 9.84 Å². The zero-order valence-electron chi connectivity index (χ0n) is 13.2. The second-order valence-corrected chi connectivity index (χ2v) is 9.33. The van der Waals surface area contributed by atoms with Crippen molar-refractivity contribution in [1.82, 2.24) is 0 Å². The first-order chi connectivity index (χ1) is 10.5. The number of benzene rings is 1. The number of carbonyl (C=O) groups is 2. The van der Waals surface area contributed by atoms with Crippen molar-refractivity contribution in [2.75, 3.05) is 6.26 Å². The zero-order chi connectivity index (χ0) is 17.4. The monoisotopic (exact) mass is 355 g/mol. The Labute approximate surface area is 138 Å². The minimum absolute atomic E-state index is 0.198. The van der Waals surface area contributed by atoms with Gasteiger partial charge in [-0.3, -0.25) is 0 Å². The highest BCUT2D eigenvalue weighted by Gasteiger charge is 2.18. The summed E-state index contributed by atoms with van der Waals surface area (Å²) in [6, 6.07) is 6.36. The van der Waals surface area contributed by atoms with E-state index in [0.29, 0.717) is 10.3 Å². The van der Waals surface area contributed by atoms with Gasteiger partial charge in [0, 0.05) is 15.9 Å². The van der Waals surface area contributed by atoms with E-state index in [0.717, 1.165) is 16.0 Å². The van der Waals surface area contributed by atoms with Crippen LogP contribution in [-0.2, 0) is 14.5 Å². The molecule has 0 saturated heterocycles. The summed E-state index contributed by atoms with van der Waals surface area (Å²) in [7, 11) is -2.98. The summed E-state index contributed by atoms with van der Waals surface area (Å²) in [5.41, 5.74) is -0.718. The van der Waals surface area contributed by atoms with Crippen LogP contribution in [0.5, 0.6) is 0 Å². The van der Waals surface area contributed by atoms with Crippen LogP contribution in [0.2, 0.25) is 0 Å². The Bertz CT molecular complexity index is 898. The zero-order valence-corrected chi connectivity index (χ0v) is 14.8. The van der Waals surface area contributed by atoms with E-state index < -0.39 is 27.4 Å². The highest BCUT2D eigenvalue weighted by molar-refractivity contribution is 7.93. The lowest BCUT2D eigenvalue weighted by atomic mass is 10.2. The number of thiophene rings is 1. The molecule has 1 unspecified atom stereocenters. The quantitative estimate of drug-likeness (QED) is 0.879. The summed E-state index contributed by atoms with van der Waals surface area (Å²) in [5.74, 6) is -1.01. The molecule has 0 bridgehead atoms. The predicted octanol–water partition coefficient (Wildman–Crippen LogP) is 3.99. The number of amides is 1. The van der Waals surface area contributed by atoms with Crippen molar-refractivity contribution in [3.05, 3.63) is 29.1 Å². The van der Waals surface area contributed by atoms with Crippen molar-refractivity contribution >= 4 is 43.2 Å². The maximum absolute atomic E-state index is 12.7. The van der Waals surface area contributed by atoms with E-state index in [1.807, 2.05) is 0 Å². The molecule has 0 radical (unpaired) electrons. The van der Waals surface area contributed by atoms with Crippen molar-refractivity contribution in [2.45, 2.75) is 31.3 Å². The third kappa shape index (κ3) is 4.29. The summed E-state index contributed by atoms with van der Waals surface area (Å²) < 4.78 is 22.2. The lowest BCUT2D eigenvalue weighted by molar-refractivity contribution is 0.0606. The van der Waals surface area contributed by atoms with Crippen LogP contribution in [0.15, 0.2) is 33.5 Å². The molecule has 0 fully saturated rings. The fourth-order valence-corrected chi connectivity index (χ4v) is 3.81. The molecular formula is C15H17NO5S2. The van der Waals surface area contributed by atoms with Crippen molar-refractivity contribution in [1.29, 1.82) is 0 Å². The third-order valence-corrected chi connectivity index (χ3v) is 5.51. The number of fused-ring (bicyclic) bond motifs is 1. The molecule has 8 heteroatoms. The second-order valence-electron chi connectivity index (χ2n) is 5.99. The largest absolute Gasteiger partial charge is 0.477 e. The normalized spacial score (nSPS) is 14.3. The van der Waals surface area contributed by atoms with Gasteiger partial charge >= 0.3 is 12.1 Å². The van der Waals surface area contributed by atoms with Crippen LogP contribution in [0.3, 0.4) is 0 Å². The second kappa shape index (κ2) is 5.93. The molecule has 0 aliphatic carbocycles. The summed E-state index contributed by atoms with van der Waals surface area (Å²) in [5, 5.41) is 9.67. The molecule has 1 N–H and O–H groups in total. The van der Waals surface area contributed by atoms with E-state index in [9.17, 15) is 13.8 Å². The van der Waals surface area contributed by atoms with Crippen molar-refractivity contribution < 1.29 is 23.6 Å². The van der Waals surface area contributed by atoms with E-state index in [1.165, 1.54) is 12.3 Å². The average molecular weight is 355 g/mol. The molecule has 2 rings (SSSR count). The minimum Gasteiger partial charge on any atom is -0.477 e. The number of aromatic carboxylic acids is 1. The van der Waals surface area contributed by atoms with Gasteiger partial charge in [-0.05, 0) is 50.4 Å². The Morgan fingerprint density at radius 1 is 1.26 bits per heavy atom. The van der Waals surface area contributed by atoms with Gasteiger partial charge in [-0.15, -0.1) is 15.7 Å². The van der Waals surface area contributed by atoms with E-state index in [2.05, 4.69) is 4.36 Å². The first kappa shape index (κ1) is 17.4. The molecule has 1 heterocycles. The molecule has 1 aromatic heterocycles. The number of carboxylic acid groups (broad SMARTS) is 1. The Kier molecular flexibility index (Phi) is 4.50. The third-order valence-electron chi connectivity index (χ3n) is 2.78. The maximum Gasteiger partial charge on any atom is 0.442 e. The Morgan fingerprint density at radius 2 is 1.91 bits per heavy atom. The molecule has 0 spiro atoms. The lowest BCUT2D eigenvalue weighted by Crippen LogP contribution is -2.22. The number of rotatable bonds is 2. The molecule has 1 atom stereocenters. The predicted molar refractivity (Wildman–Crippen MR) is 89.8 cm³/mol. The molecule has 1 aromatic carbocycles. The Hall–Kier alpha value is -1.93. The molecular weight excluding hydrogens is 338 g/mol. The number of hydrogen-bond acceptors (Lipinski definition) is 5. The van der Waals surface area contributed by atoms with Gasteiger partial charge in [-0.2, -0.15) is 0 Å². The molecule has 0 aliphatic heterocycles. The summed E-state index contributed by atoms with van der Waals surface area (Å²) >= 11 is 1.13. The van der Waals surface area contributed by atoms with Crippen LogP contribution < -0.4 is 0 Å². The van der Waals surface area contributed by atoms with Crippen molar-refractivity contribution in [3.8, 4) is 0 Å².